The van der Waals surface area contributed by atoms with E-state index in [1.165, 1.54) is 7.11 Å². The minimum atomic E-state index is -1.21. The van der Waals surface area contributed by atoms with Crippen LogP contribution in [0.4, 0.5) is 14.7 Å². The van der Waals surface area contributed by atoms with E-state index in [-0.39, 0.29) is 47.8 Å². The number of H-pyrrole nitrogens is 2. The van der Waals surface area contributed by atoms with Crippen molar-refractivity contribution in [2.45, 2.75) is 102 Å². The first-order valence-electron chi connectivity index (χ1n) is 22.0. The number of alkyl carbamates (subject to hydrolysis) is 1. The molecule has 17 heteroatoms. The molecule has 0 spiro atoms. The lowest BCUT2D eigenvalue weighted by Gasteiger charge is -2.31. The molecule has 0 saturated carbocycles. The number of carbonyl (C=O) groups is 4. The lowest BCUT2D eigenvalue weighted by molar-refractivity contribution is -0.136. The van der Waals surface area contributed by atoms with Gasteiger partial charge in [-0.25, -0.2) is 24.5 Å². The highest BCUT2D eigenvalue weighted by Gasteiger charge is 2.41. The number of hydrogen-bond acceptors (Lipinski definition) is 10. The molecule has 9 rings (SSSR count). The van der Waals surface area contributed by atoms with E-state index in [0.29, 0.717) is 18.9 Å². The Bertz CT molecular complexity index is 2660. The minimum Gasteiger partial charge on any atom is -0.465 e. The van der Waals surface area contributed by atoms with Gasteiger partial charge in [0.15, 0.2) is 5.13 Å². The van der Waals surface area contributed by atoms with Crippen molar-refractivity contribution in [3.05, 3.63) is 83.4 Å². The number of nitrogens with zero attached hydrogens (tertiary/aromatic N) is 6. The first kappa shape index (κ1) is 42.1. The number of para-hydroxylation sites is 1. The van der Waals surface area contributed by atoms with Crippen molar-refractivity contribution in [1.82, 2.24) is 45.4 Å². The van der Waals surface area contributed by atoms with Crippen LogP contribution in [0.15, 0.2) is 60.7 Å². The van der Waals surface area contributed by atoms with Crippen LogP contribution in [-0.2, 0) is 14.3 Å². The molecule has 0 bridgehead atoms. The SMILES string of the molecule is COC(=O)N[C@H](C(=O)N1CCC[C@H]1c1nc2ccc([C@H]3CC[C@H](c4ccc5nc([C@@H]6CCCN6C(=O)[C@@H](NC(=O)O)C(C)C)[nH]c5c4)N3c3nc4ccccc4s3)cc2[nH]1)C(C)C. The van der Waals surface area contributed by atoms with E-state index in [4.69, 9.17) is 19.7 Å². The number of nitrogens with one attached hydrogen (secondary N) is 4. The van der Waals surface area contributed by atoms with Gasteiger partial charge in [0.05, 0.1) is 63.6 Å². The molecule has 0 unspecified atom stereocenters. The molecule has 63 heavy (non-hydrogen) atoms. The molecular formula is C46H54N10O6S. The zero-order chi connectivity index (χ0) is 44.1. The van der Waals surface area contributed by atoms with Crippen molar-refractivity contribution in [1.29, 1.82) is 0 Å². The first-order chi connectivity index (χ1) is 30.4. The van der Waals surface area contributed by atoms with Gasteiger partial charge in [-0.15, -0.1) is 0 Å². The molecule has 3 aliphatic rings. The lowest BCUT2D eigenvalue weighted by atomic mass is 10.0. The van der Waals surface area contributed by atoms with E-state index in [1.807, 2.05) is 50.8 Å². The number of ether oxygens (including phenoxy) is 1. The average molecular weight is 875 g/mol. The van der Waals surface area contributed by atoms with Crippen molar-refractivity contribution in [2.75, 3.05) is 25.1 Å². The predicted molar refractivity (Wildman–Crippen MR) is 240 cm³/mol. The summed E-state index contributed by atoms with van der Waals surface area (Å²) in [7, 11) is 1.30. The Hall–Kier alpha value is -6.23. The fraction of sp³-hybridized carbons (Fsp3) is 0.457. The van der Waals surface area contributed by atoms with Crippen LogP contribution in [0.1, 0.15) is 113 Å². The molecule has 6 aromatic rings. The van der Waals surface area contributed by atoms with Gasteiger partial charge in [0.2, 0.25) is 11.8 Å². The monoisotopic (exact) mass is 874 g/mol. The molecule has 3 aliphatic heterocycles. The highest BCUT2D eigenvalue weighted by atomic mass is 32.1. The Kier molecular flexibility index (Phi) is 11.5. The maximum atomic E-state index is 13.9. The van der Waals surface area contributed by atoms with Crippen LogP contribution in [0, 0.1) is 11.8 Å². The molecule has 3 saturated heterocycles. The summed E-state index contributed by atoms with van der Waals surface area (Å²) >= 11 is 1.69. The molecule has 3 aromatic carbocycles. The number of methoxy groups -OCH3 is 1. The normalized spacial score (nSPS) is 21.3. The summed E-state index contributed by atoms with van der Waals surface area (Å²) < 4.78 is 5.94. The molecule has 6 atom stereocenters. The van der Waals surface area contributed by atoms with Crippen LogP contribution >= 0.6 is 11.3 Å². The second kappa shape index (κ2) is 17.1. The molecule has 5 N–H and O–H groups in total. The van der Waals surface area contributed by atoms with Gasteiger partial charge in [-0.2, -0.15) is 0 Å². The van der Waals surface area contributed by atoms with Crippen molar-refractivity contribution in [3.8, 4) is 0 Å². The smallest absolute Gasteiger partial charge is 0.407 e. The summed E-state index contributed by atoms with van der Waals surface area (Å²) in [6.07, 6.45) is 3.05. The molecule has 3 aromatic heterocycles. The molecule has 6 heterocycles. The minimum absolute atomic E-state index is 0.00347. The third kappa shape index (κ3) is 8.02. The number of hydrogen-bond donors (Lipinski definition) is 5. The number of anilines is 1. The van der Waals surface area contributed by atoms with Gasteiger partial charge in [0.25, 0.3) is 0 Å². The van der Waals surface area contributed by atoms with E-state index in [0.717, 1.165) is 92.9 Å². The van der Waals surface area contributed by atoms with Gasteiger partial charge in [0, 0.05) is 13.1 Å². The number of carboxylic acid groups (broad SMARTS) is 1. The molecule has 0 radical (unpaired) electrons. The number of carbonyl (C=O) groups excluding carboxylic acids is 3. The van der Waals surface area contributed by atoms with Crippen LogP contribution < -0.4 is 15.5 Å². The summed E-state index contributed by atoms with van der Waals surface area (Å²) in [5, 5.41) is 15.5. The Labute approximate surface area is 368 Å². The summed E-state index contributed by atoms with van der Waals surface area (Å²) in [6, 6.07) is 18.9. The van der Waals surface area contributed by atoms with Crippen LogP contribution in [0.3, 0.4) is 0 Å². The Morgan fingerprint density at radius 2 is 1.22 bits per heavy atom. The lowest BCUT2D eigenvalue weighted by Crippen LogP contribution is -2.51. The summed E-state index contributed by atoms with van der Waals surface area (Å²) in [5.74, 6) is 0.722. The van der Waals surface area contributed by atoms with Crippen molar-refractivity contribution >= 4 is 72.8 Å². The summed E-state index contributed by atoms with van der Waals surface area (Å²) in [4.78, 5) is 79.6. The zero-order valence-electron chi connectivity index (χ0n) is 36.1. The predicted octanol–water partition coefficient (Wildman–Crippen LogP) is 8.13. The summed E-state index contributed by atoms with van der Waals surface area (Å²) in [6.45, 7) is 8.62. The van der Waals surface area contributed by atoms with E-state index < -0.39 is 24.3 Å². The zero-order valence-corrected chi connectivity index (χ0v) is 36.9. The number of benzene rings is 3. The highest BCUT2D eigenvalue weighted by Crippen LogP contribution is 2.49. The number of rotatable bonds is 11. The van der Waals surface area contributed by atoms with Gasteiger partial charge < -0.3 is 45.1 Å². The molecule has 16 nitrogen and oxygen atoms in total. The molecule has 0 aliphatic carbocycles. The third-order valence-corrected chi connectivity index (χ3v) is 14.1. The number of likely N-dealkylation sites (tertiary alicyclic amines) is 2. The number of amides is 4. The average Bonchev–Trinajstić information content (AvgIpc) is 4.12. The Morgan fingerprint density at radius 1 is 0.698 bits per heavy atom. The number of imidazole rings is 2. The Balaban J connectivity index is 1.01. The van der Waals surface area contributed by atoms with Crippen molar-refractivity contribution in [2.24, 2.45) is 11.8 Å². The van der Waals surface area contributed by atoms with E-state index >= 15 is 0 Å². The number of aromatic amines is 2. The fourth-order valence-corrected chi connectivity index (χ4v) is 10.9. The highest BCUT2D eigenvalue weighted by molar-refractivity contribution is 7.22. The largest absolute Gasteiger partial charge is 0.465 e. The second-order valence-electron chi connectivity index (χ2n) is 17.7. The molecule has 330 valence electrons. The standard InChI is InChI=1S/C46H54N10O6S/c1-24(2)38(52-45(59)60)42(57)54-20-8-11-35(54)40-47-28-16-14-26(22-31(28)49-40)33-18-19-34(56(33)44-51-30-10-6-7-13-37(30)63-44)27-15-17-29-32(23-27)50-41(48-29)36-12-9-21-55(36)43(58)39(25(3)4)53-46(61)62-5/h6-7,10,13-17,22-25,33-36,38-39,52H,8-9,11-12,18-21H2,1-5H3,(H,47,49)(H,48,50)(H,53,61)(H,59,60)/t33-,34-,35+,36+,38+,39+/m1/s1. The number of fused-ring (bicyclic) bond motifs is 3. The molecule has 3 fully saturated rings. The quantitative estimate of drug-likeness (QED) is 0.0846. The van der Waals surface area contributed by atoms with Crippen molar-refractivity contribution < 1.29 is 29.0 Å². The van der Waals surface area contributed by atoms with Gasteiger partial charge in [-0.05, 0) is 97.9 Å². The molecule has 4 amide bonds. The second-order valence-corrected chi connectivity index (χ2v) is 18.7. The van der Waals surface area contributed by atoms with Crippen LogP contribution in [0.5, 0.6) is 0 Å². The Morgan fingerprint density at radius 3 is 1.71 bits per heavy atom. The topological polar surface area (TPSA) is 202 Å². The van der Waals surface area contributed by atoms with Gasteiger partial charge in [-0.3, -0.25) is 9.59 Å². The van der Waals surface area contributed by atoms with E-state index in [1.54, 1.807) is 16.2 Å². The molecular weight excluding hydrogens is 821 g/mol. The summed E-state index contributed by atoms with van der Waals surface area (Å²) in [5.41, 5.74) is 6.62. The van der Waals surface area contributed by atoms with E-state index in [9.17, 15) is 24.3 Å². The maximum Gasteiger partial charge on any atom is 0.407 e. The number of aromatic nitrogens is 5. The maximum absolute atomic E-state index is 13.9. The first-order valence-corrected chi connectivity index (χ1v) is 22.8. The third-order valence-electron chi connectivity index (χ3n) is 13.0. The number of thiazole rings is 1. The van der Waals surface area contributed by atoms with Crippen molar-refractivity contribution in [3.63, 3.8) is 0 Å². The van der Waals surface area contributed by atoms with Gasteiger partial charge in [-0.1, -0.05) is 63.3 Å². The van der Waals surface area contributed by atoms with Gasteiger partial charge in [0.1, 0.15) is 23.7 Å². The van der Waals surface area contributed by atoms with Crippen LogP contribution in [0.2, 0.25) is 0 Å². The van der Waals surface area contributed by atoms with E-state index in [2.05, 4.69) is 68.0 Å². The van der Waals surface area contributed by atoms with Crippen LogP contribution in [-0.4, -0.2) is 96.1 Å². The fourth-order valence-electron chi connectivity index (χ4n) is 9.86. The van der Waals surface area contributed by atoms with Gasteiger partial charge >= 0.3 is 12.2 Å². The van der Waals surface area contributed by atoms with Crippen LogP contribution in [0.25, 0.3) is 32.3 Å².